The fourth-order valence-corrected chi connectivity index (χ4v) is 3.47. The van der Waals surface area contributed by atoms with Crippen molar-refractivity contribution in [2.75, 3.05) is 24.6 Å². The summed E-state index contributed by atoms with van der Waals surface area (Å²) in [7, 11) is 0. The van der Waals surface area contributed by atoms with Gasteiger partial charge in [0, 0.05) is 36.5 Å². The Morgan fingerprint density at radius 3 is 2.81 bits per heavy atom. The second-order valence-corrected chi connectivity index (χ2v) is 6.71. The van der Waals surface area contributed by atoms with Gasteiger partial charge >= 0.3 is 0 Å². The molecule has 0 unspecified atom stereocenters. The Balaban J connectivity index is 1.61. The first-order valence-corrected chi connectivity index (χ1v) is 8.57. The number of aromatic amines is 1. The van der Waals surface area contributed by atoms with E-state index >= 15 is 0 Å². The zero-order chi connectivity index (χ0) is 18.3. The van der Waals surface area contributed by atoms with Gasteiger partial charge in [-0.3, -0.25) is 0 Å². The van der Waals surface area contributed by atoms with E-state index in [1.807, 2.05) is 4.90 Å². The minimum absolute atomic E-state index is 0.0499. The van der Waals surface area contributed by atoms with E-state index in [1.165, 1.54) is 0 Å². The average Bonchev–Trinajstić information content (AvgIpc) is 3.04. The van der Waals surface area contributed by atoms with Crippen LogP contribution in [0.2, 0.25) is 0 Å². The molecule has 3 heterocycles. The van der Waals surface area contributed by atoms with Crippen LogP contribution in [0.25, 0.3) is 22.2 Å². The molecule has 0 bridgehead atoms. The molecule has 136 valence electrons. The maximum Gasteiger partial charge on any atom is 0.224 e. The van der Waals surface area contributed by atoms with Gasteiger partial charge in [-0.1, -0.05) is 0 Å². The number of rotatable bonds is 3. The number of anilines is 1. The lowest BCUT2D eigenvalue weighted by atomic mass is 9.95. The average molecular weight is 357 g/mol. The summed E-state index contributed by atoms with van der Waals surface area (Å²) in [5.41, 5.74) is 1.73. The number of nitrogens with one attached hydrogen (secondary N) is 1. The second kappa shape index (κ2) is 6.59. The van der Waals surface area contributed by atoms with Crippen LogP contribution in [0.5, 0.6) is 5.75 Å². The first-order valence-electron chi connectivity index (χ1n) is 8.57. The quantitative estimate of drug-likeness (QED) is 0.540. The molecular weight excluding hydrogens is 337 g/mol. The maximum atomic E-state index is 14.6. The fourth-order valence-electron chi connectivity index (χ4n) is 3.47. The lowest BCUT2D eigenvalue weighted by molar-refractivity contribution is 0.0545. The molecular formula is C19H20FN3O3. The minimum atomic E-state index is -0.653. The molecule has 0 saturated carbocycles. The van der Waals surface area contributed by atoms with Gasteiger partial charge < -0.3 is 25.2 Å². The van der Waals surface area contributed by atoms with E-state index in [0.29, 0.717) is 36.6 Å². The third-order valence-electron chi connectivity index (χ3n) is 5.01. The number of halogens is 1. The first kappa shape index (κ1) is 16.8. The minimum Gasteiger partial charge on any atom is -0.508 e. The number of phenols is 1. The summed E-state index contributed by atoms with van der Waals surface area (Å²) in [4.78, 5) is 9.02. The van der Waals surface area contributed by atoms with Crippen LogP contribution in [0, 0.1) is 11.9 Å². The number of aliphatic hydroxyl groups is 2. The van der Waals surface area contributed by atoms with Gasteiger partial charge in [-0.2, -0.15) is 4.39 Å². The molecule has 0 aliphatic carbocycles. The predicted molar refractivity (Wildman–Crippen MR) is 96.6 cm³/mol. The fraction of sp³-hybridized carbons (Fsp3) is 0.316. The molecule has 7 heteroatoms. The Labute approximate surface area is 149 Å². The van der Waals surface area contributed by atoms with Crippen molar-refractivity contribution < 1.29 is 19.7 Å². The summed E-state index contributed by atoms with van der Waals surface area (Å²) >= 11 is 0. The number of aromatic hydroxyl groups is 1. The van der Waals surface area contributed by atoms with Crippen LogP contribution in [0.3, 0.4) is 0 Å². The van der Waals surface area contributed by atoms with Gasteiger partial charge in [-0.05, 0) is 42.8 Å². The summed E-state index contributed by atoms with van der Waals surface area (Å²) in [5.74, 6) is -0.118. The topological polar surface area (TPSA) is 92.6 Å². The number of pyridine rings is 1. The number of aliphatic hydroxyl groups excluding tert-OH is 2. The zero-order valence-corrected chi connectivity index (χ0v) is 14.1. The van der Waals surface area contributed by atoms with Crippen molar-refractivity contribution in [1.29, 1.82) is 0 Å². The van der Waals surface area contributed by atoms with Gasteiger partial charge in [0.25, 0.3) is 0 Å². The number of benzene rings is 1. The third-order valence-corrected chi connectivity index (χ3v) is 5.01. The SMILES string of the molecule is OC[C@H]1CCN(c2ccc(-c3cc4cc(O)ccc4[nH]3)c(F)n2)C[C@H]1O. The Kier molecular flexibility index (Phi) is 4.26. The van der Waals surface area contributed by atoms with E-state index in [4.69, 9.17) is 0 Å². The second-order valence-electron chi connectivity index (χ2n) is 6.71. The Morgan fingerprint density at radius 2 is 2.08 bits per heavy atom. The van der Waals surface area contributed by atoms with E-state index in [2.05, 4.69) is 9.97 Å². The molecule has 1 aliphatic rings. The monoisotopic (exact) mass is 357 g/mol. The van der Waals surface area contributed by atoms with Crippen molar-refractivity contribution in [2.24, 2.45) is 5.92 Å². The lowest BCUT2D eigenvalue weighted by Gasteiger charge is -2.35. The van der Waals surface area contributed by atoms with Crippen LogP contribution in [0.1, 0.15) is 6.42 Å². The van der Waals surface area contributed by atoms with Gasteiger partial charge in [0.2, 0.25) is 5.95 Å². The number of aromatic nitrogens is 2. The van der Waals surface area contributed by atoms with E-state index < -0.39 is 12.1 Å². The van der Waals surface area contributed by atoms with Gasteiger partial charge in [-0.25, -0.2) is 4.98 Å². The van der Waals surface area contributed by atoms with Crippen molar-refractivity contribution in [3.63, 3.8) is 0 Å². The molecule has 0 amide bonds. The number of β-amino-alcohol motifs (C(OH)–C–C–N with tert-alkyl or cyclic N) is 1. The number of hydrogen-bond donors (Lipinski definition) is 4. The molecule has 4 N–H and O–H groups in total. The lowest BCUT2D eigenvalue weighted by Crippen LogP contribution is -2.45. The van der Waals surface area contributed by atoms with Gasteiger partial charge in [-0.15, -0.1) is 0 Å². The Morgan fingerprint density at radius 1 is 1.23 bits per heavy atom. The normalized spacial score (nSPS) is 20.7. The number of phenolic OH excluding ortho intramolecular Hbond substituents is 1. The summed E-state index contributed by atoms with van der Waals surface area (Å²) in [5, 5.41) is 29.6. The van der Waals surface area contributed by atoms with Crippen molar-refractivity contribution >= 4 is 16.7 Å². The molecule has 4 rings (SSSR count). The highest BCUT2D eigenvalue weighted by Gasteiger charge is 2.28. The van der Waals surface area contributed by atoms with Crippen LogP contribution in [0.4, 0.5) is 10.2 Å². The van der Waals surface area contributed by atoms with E-state index in [0.717, 1.165) is 10.9 Å². The molecule has 0 radical (unpaired) electrons. The molecule has 2 atom stereocenters. The molecule has 26 heavy (non-hydrogen) atoms. The molecule has 6 nitrogen and oxygen atoms in total. The van der Waals surface area contributed by atoms with Gasteiger partial charge in [0.1, 0.15) is 11.6 Å². The highest BCUT2D eigenvalue weighted by atomic mass is 19.1. The largest absolute Gasteiger partial charge is 0.508 e. The summed E-state index contributed by atoms with van der Waals surface area (Å²) in [6, 6.07) is 10.1. The summed E-state index contributed by atoms with van der Waals surface area (Å²) < 4.78 is 14.6. The third kappa shape index (κ3) is 3.00. The van der Waals surface area contributed by atoms with Crippen LogP contribution in [0.15, 0.2) is 36.4 Å². The van der Waals surface area contributed by atoms with Crippen LogP contribution < -0.4 is 4.90 Å². The highest BCUT2D eigenvalue weighted by Crippen LogP contribution is 2.30. The molecule has 1 aromatic carbocycles. The van der Waals surface area contributed by atoms with E-state index in [1.54, 1.807) is 36.4 Å². The standard InChI is InChI=1S/C19H20FN3O3/c20-19-14(16-8-12-7-13(25)1-3-15(12)21-16)2-4-18(22-19)23-6-5-11(10-24)17(26)9-23/h1-4,7-8,11,17,21,24-26H,5-6,9-10H2/t11-,17-/m1/s1. The van der Waals surface area contributed by atoms with Crippen molar-refractivity contribution in [3.8, 4) is 17.0 Å². The maximum absolute atomic E-state index is 14.6. The van der Waals surface area contributed by atoms with Gasteiger partial charge in [0.05, 0.1) is 17.4 Å². The molecule has 1 aliphatic heterocycles. The van der Waals surface area contributed by atoms with Gasteiger partial charge in [0.15, 0.2) is 0 Å². The summed E-state index contributed by atoms with van der Waals surface area (Å²) in [6.45, 7) is 0.883. The van der Waals surface area contributed by atoms with Crippen molar-refractivity contribution in [2.45, 2.75) is 12.5 Å². The number of fused-ring (bicyclic) bond motifs is 1. The Hall–Kier alpha value is -2.64. The van der Waals surface area contributed by atoms with Crippen LogP contribution >= 0.6 is 0 Å². The van der Waals surface area contributed by atoms with E-state index in [9.17, 15) is 19.7 Å². The highest BCUT2D eigenvalue weighted by molar-refractivity contribution is 5.87. The summed E-state index contributed by atoms with van der Waals surface area (Å²) in [6.07, 6.45) is -0.0199. The number of hydrogen-bond acceptors (Lipinski definition) is 5. The molecule has 0 spiro atoms. The van der Waals surface area contributed by atoms with Crippen molar-refractivity contribution in [1.82, 2.24) is 9.97 Å². The smallest absolute Gasteiger partial charge is 0.224 e. The van der Waals surface area contributed by atoms with Crippen LogP contribution in [-0.4, -0.2) is 51.1 Å². The molecule has 3 aromatic rings. The number of piperidine rings is 1. The van der Waals surface area contributed by atoms with Crippen LogP contribution in [-0.2, 0) is 0 Å². The number of H-pyrrole nitrogens is 1. The number of nitrogens with zero attached hydrogens (tertiary/aromatic N) is 2. The zero-order valence-electron chi connectivity index (χ0n) is 14.1. The van der Waals surface area contributed by atoms with Crippen molar-refractivity contribution in [3.05, 3.63) is 42.3 Å². The molecule has 1 fully saturated rings. The van der Waals surface area contributed by atoms with E-state index in [-0.39, 0.29) is 18.3 Å². The first-order chi connectivity index (χ1) is 12.5. The Bertz CT molecular complexity index is 943. The predicted octanol–water partition coefficient (Wildman–Crippen LogP) is 2.25. The molecule has 1 saturated heterocycles. The molecule has 2 aromatic heterocycles.